The maximum Gasteiger partial charge on any atom is 0.324 e. The second kappa shape index (κ2) is 4.96. The molecule has 94 valence electrons. The fraction of sp³-hybridized carbons (Fsp3) is 0.917. The third kappa shape index (κ3) is 3.14. The molecule has 0 aromatic rings. The zero-order valence-electron chi connectivity index (χ0n) is 10.7. The lowest BCUT2D eigenvalue weighted by Crippen LogP contribution is -2.56. The lowest BCUT2D eigenvalue weighted by atomic mass is 9.87. The van der Waals surface area contributed by atoms with E-state index in [2.05, 4.69) is 25.7 Å². The number of likely N-dealkylation sites (N-methyl/N-ethyl adjacent to an activating group) is 1. The first kappa shape index (κ1) is 13.8. The monoisotopic (exact) mass is 245 g/mol. The molecule has 0 unspecified atom stereocenters. The Hall–Kier alpha value is -0.220. The normalized spacial score (nSPS) is 21.1. The predicted octanol–water partition coefficient (Wildman–Crippen LogP) is 2.31. The second-order valence-electron chi connectivity index (χ2n) is 5.87. The van der Waals surface area contributed by atoms with Crippen molar-refractivity contribution >= 4 is 17.7 Å². The van der Waals surface area contributed by atoms with Gasteiger partial charge in [-0.2, -0.15) is 11.8 Å². The number of nitrogens with zero attached hydrogens (tertiary/aromatic N) is 1. The molecule has 0 spiro atoms. The molecule has 0 radical (unpaired) electrons. The molecule has 0 saturated carbocycles. The lowest BCUT2D eigenvalue weighted by Gasteiger charge is -2.43. The number of rotatable bonds is 3. The molecule has 0 aromatic carbocycles. The summed E-state index contributed by atoms with van der Waals surface area (Å²) in [6, 6.07) is 0. The lowest BCUT2D eigenvalue weighted by molar-refractivity contribution is -0.152. The van der Waals surface area contributed by atoms with Crippen molar-refractivity contribution in [2.24, 2.45) is 5.41 Å². The summed E-state index contributed by atoms with van der Waals surface area (Å²) < 4.78 is 0. The Kier molecular flexibility index (Phi) is 4.29. The van der Waals surface area contributed by atoms with Gasteiger partial charge in [0.1, 0.15) is 5.54 Å². The first-order valence-corrected chi connectivity index (χ1v) is 6.96. The first-order valence-electron chi connectivity index (χ1n) is 5.80. The highest BCUT2D eigenvalue weighted by Crippen LogP contribution is 2.33. The van der Waals surface area contributed by atoms with Crippen LogP contribution in [0.15, 0.2) is 0 Å². The molecular weight excluding hydrogens is 222 g/mol. The van der Waals surface area contributed by atoms with E-state index < -0.39 is 11.5 Å². The SMILES string of the molecule is CN(CC(C)(C)C)C1(C(=O)O)CCSCC1. The maximum atomic E-state index is 11.6. The van der Waals surface area contributed by atoms with E-state index in [0.29, 0.717) is 0 Å². The minimum atomic E-state index is -0.653. The fourth-order valence-corrected chi connectivity index (χ4v) is 3.50. The molecular formula is C12H23NO2S. The minimum absolute atomic E-state index is 0.141. The number of thioether (sulfide) groups is 1. The minimum Gasteiger partial charge on any atom is -0.480 e. The first-order chi connectivity index (χ1) is 7.28. The second-order valence-corrected chi connectivity index (χ2v) is 7.09. The van der Waals surface area contributed by atoms with Gasteiger partial charge in [0.05, 0.1) is 0 Å². The molecule has 1 rings (SSSR count). The average molecular weight is 245 g/mol. The van der Waals surface area contributed by atoms with Crippen molar-refractivity contribution in [3.05, 3.63) is 0 Å². The molecule has 3 nitrogen and oxygen atoms in total. The van der Waals surface area contributed by atoms with Crippen LogP contribution in [0.4, 0.5) is 0 Å². The topological polar surface area (TPSA) is 40.5 Å². The highest BCUT2D eigenvalue weighted by molar-refractivity contribution is 7.99. The number of carbonyl (C=O) groups is 1. The molecule has 1 fully saturated rings. The van der Waals surface area contributed by atoms with Gasteiger partial charge >= 0.3 is 5.97 Å². The molecule has 1 N–H and O–H groups in total. The molecule has 0 aliphatic carbocycles. The van der Waals surface area contributed by atoms with E-state index in [4.69, 9.17) is 0 Å². The Morgan fingerprint density at radius 2 is 1.88 bits per heavy atom. The standard InChI is InChI=1S/C12H23NO2S/c1-11(2,3)9-13(4)12(10(14)15)5-7-16-8-6-12/h5-9H2,1-4H3,(H,14,15). The van der Waals surface area contributed by atoms with E-state index >= 15 is 0 Å². The van der Waals surface area contributed by atoms with Gasteiger partial charge in [-0.05, 0) is 36.8 Å². The third-order valence-corrected chi connectivity index (χ3v) is 4.15. The van der Waals surface area contributed by atoms with Gasteiger partial charge < -0.3 is 5.11 Å². The van der Waals surface area contributed by atoms with Crippen molar-refractivity contribution in [1.82, 2.24) is 4.90 Å². The number of hydrogen-bond donors (Lipinski definition) is 1. The van der Waals surface area contributed by atoms with Crippen LogP contribution in [-0.4, -0.2) is 46.6 Å². The van der Waals surface area contributed by atoms with E-state index in [9.17, 15) is 9.90 Å². The molecule has 0 bridgehead atoms. The predicted molar refractivity (Wildman–Crippen MR) is 69.0 cm³/mol. The van der Waals surface area contributed by atoms with Crippen LogP contribution in [0.5, 0.6) is 0 Å². The Balaban J connectivity index is 2.80. The van der Waals surface area contributed by atoms with Gasteiger partial charge in [-0.3, -0.25) is 9.69 Å². The Bertz CT molecular complexity index is 254. The molecule has 1 heterocycles. The van der Waals surface area contributed by atoms with Crippen LogP contribution in [0.1, 0.15) is 33.6 Å². The largest absolute Gasteiger partial charge is 0.480 e. The van der Waals surface area contributed by atoms with Crippen molar-refractivity contribution in [3.8, 4) is 0 Å². The quantitative estimate of drug-likeness (QED) is 0.828. The van der Waals surface area contributed by atoms with Crippen molar-refractivity contribution in [2.45, 2.75) is 39.2 Å². The van der Waals surface area contributed by atoms with Crippen LogP contribution in [0, 0.1) is 5.41 Å². The molecule has 0 amide bonds. The van der Waals surface area contributed by atoms with Crippen LogP contribution in [0.3, 0.4) is 0 Å². The third-order valence-electron chi connectivity index (χ3n) is 3.16. The van der Waals surface area contributed by atoms with Gasteiger partial charge in [0.15, 0.2) is 0 Å². The summed E-state index contributed by atoms with van der Waals surface area (Å²) in [5, 5.41) is 9.51. The highest BCUT2D eigenvalue weighted by atomic mass is 32.2. The van der Waals surface area contributed by atoms with E-state index in [-0.39, 0.29) is 5.41 Å². The van der Waals surface area contributed by atoms with Gasteiger partial charge in [-0.1, -0.05) is 20.8 Å². The number of carboxylic acid groups (broad SMARTS) is 1. The van der Waals surface area contributed by atoms with Crippen LogP contribution >= 0.6 is 11.8 Å². The zero-order valence-corrected chi connectivity index (χ0v) is 11.6. The Morgan fingerprint density at radius 1 is 1.38 bits per heavy atom. The van der Waals surface area contributed by atoms with Gasteiger partial charge in [0.2, 0.25) is 0 Å². The van der Waals surface area contributed by atoms with Crippen molar-refractivity contribution < 1.29 is 9.90 Å². The van der Waals surface area contributed by atoms with E-state index in [1.807, 2.05) is 18.8 Å². The van der Waals surface area contributed by atoms with Crippen LogP contribution < -0.4 is 0 Å². The summed E-state index contributed by atoms with van der Waals surface area (Å²) in [5.74, 6) is 1.27. The van der Waals surface area contributed by atoms with Gasteiger partial charge in [-0.25, -0.2) is 0 Å². The number of hydrogen-bond acceptors (Lipinski definition) is 3. The summed E-state index contributed by atoms with van der Waals surface area (Å²) in [6.07, 6.45) is 1.53. The van der Waals surface area contributed by atoms with Crippen molar-refractivity contribution in [3.63, 3.8) is 0 Å². The van der Waals surface area contributed by atoms with Gasteiger partial charge in [0, 0.05) is 6.54 Å². The average Bonchev–Trinajstić information content (AvgIpc) is 2.16. The smallest absolute Gasteiger partial charge is 0.324 e. The highest BCUT2D eigenvalue weighted by Gasteiger charge is 2.44. The summed E-state index contributed by atoms with van der Waals surface area (Å²) in [6.45, 7) is 7.27. The molecule has 1 saturated heterocycles. The summed E-state index contributed by atoms with van der Waals surface area (Å²) >= 11 is 1.86. The molecule has 1 aliphatic rings. The Labute approximate surface area is 103 Å². The van der Waals surface area contributed by atoms with Crippen molar-refractivity contribution in [1.29, 1.82) is 0 Å². The van der Waals surface area contributed by atoms with Crippen LogP contribution in [-0.2, 0) is 4.79 Å². The Morgan fingerprint density at radius 3 is 2.25 bits per heavy atom. The maximum absolute atomic E-state index is 11.6. The van der Waals surface area contributed by atoms with E-state index in [1.165, 1.54) is 0 Å². The summed E-state index contributed by atoms with van der Waals surface area (Å²) in [5.41, 5.74) is -0.486. The zero-order chi connectivity index (χ0) is 12.4. The summed E-state index contributed by atoms with van der Waals surface area (Å²) in [4.78, 5) is 13.6. The molecule has 0 atom stereocenters. The van der Waals surface area contributed by atoms with Crippen molar-refractivity contribution in [2.75, 3.05) is 25.1 Å². The van der Waals surface area contributed by atoms with Crippen LogP contribution in [0.2, 0.25) is 0 Å². The fourth-order valence-electron chi connectivity index (χ4n) is 2.33. The summed E-state index contributed by atoms with van der Waals surface area (Å²) in [7, 11) is 1.95. The number of aliphatic carboxylic acids is 1. The van der Waals surface area contributed by atoms with E-state index in [0.717, 1.165) is 30.9 Å². The molecule has 4 heteroatoms. The number of carboxylic acids is 1. The van der Waals surface area contributed by atoms with E-state index in [1.54, 1.807) is 0 Å². The molecule has 0 aromatic heterocycles. The van der Waals surface area contributed by atoms with Gasteiger partial charge in [0.25, 0.3) is 0 Å². The van der Waals surface area contributed by atoms with Crippen LogP contribution in [0.25, 0.3) is 0 Å². The van der Waals surface area contributed by atoms with Gasteiger partial charge in [-0.15, -0.1) is 0 Å². The molecule has 16 heavy (non-hydrogen) atoms. The molecule has 1 aliphatic heterocycles.